The average molecular weight is 411 g/mol. The summed E-state index contributed by atoms with van der Waals surface area (Å²) in [7, 11) is 0. The molecule has 5 nitrogen and oxygen atoms in total. The number of alkyl halides is 3. The lowest BCUT2D eigenvalue weighted by molar-refractivity contribution is -0.138. The van der Waals surface area contributed by atoms with E-state index in [1.165, 1.54) is 30.3 Å². The van der Waals surface area contributed by atoms with Gasteiger partial charge in [0.2, 0.25) is 5.91 Å². The van der Waals surface area contributed by atoms with E-state index in [9.17, 15) is 22.8 Å². The first-order valence-electron chi connectivity index (χ1n) is 8.47. The van der Waals surface area contributed by atoms with Crippen LogP contribution in [0.15, 0.2) is 36.4 Å². The first-order valence-corrected chi connectivity index (χ1v) is 8.85. The summed E-state index contributed by atoms with van der Waals surface area (Å²) in [5.74, 6) is -1.44. The van der Waals surface area contributed by atoms with Gasteiger partial charge >= 0.3 is 6.18 Å². The van der Waals surface area contributed by atoms with E-state index >= 15 is 0 Å². The summed E-state index contributed by atoms with van der Waals surface area (Å²) >= 11 is 6.15. The van der Waals surface area contributed by atoms with Gasteiger partial charge in [0, 0.05) is 12.0 Å². The monoisotopic (exact) mass is 410 g/mol. The van der Waals surface area contributed by atoms with E-state index in [0.717, 1.165) is 6.07 Å². The van der Waals surface area contributed by atoms with Crippen LogP contribution in [0.1, 0.15) is 23.5 Å². The van der Waals surface area contributed by atoms with Crippen LogP contribution in [0.5, 0.6) is 5.75 Å². The molecule has 2 aliphatic rings. The minimum Gasteiger partial charge on any atom is -0.482 e. The smallest absolute Gasteiger partial charge is 0.416 e. The van der Waals surface area contributed by atoms with Crippen LogP contribution in [0.3, 0.4) is 0 Å². The van der Waals surface area contributed by atoms with Gasteiger partial charge in [-0.1, -0.05) is 29.8 Å². The molecule has 2 N–H and O–H groups in total. The number of ether oxygens (including phenoxy) is 1. The first kappa shape index (κ1) is 18.6. The van der Waals surface area contributed by atoms with Gasteiger partial charge < -0.3 is 15.4 Å². The van der Waals surface area contributed by atoms with Gasteiger partial charge in [0.1, 0.15) is 5.75 Å². The number of carbonyl (C=O) groups excluding carboxylic acids is 2. The molecule has 0 saturated heterocycles. The van der Waals surface area contributed by atoms with Gasteiger partial charge in [-0.25, -0.2) is 0 Å². The minimum atomic E-state index is -4.47. The number of hydrogen-bond acceptors (Lipinski definition) is 3. The zero-order valence-corrected chi connectivity index (χ0v) is 15.0. The van der Waals surface area contributed by atoms with E-state index in [0.29, 0.717) is 17.9 Å². The number of benzene rings is 2. The van der Waals surface area contributed by atoms with Crippen LogP contribution in [-0.2, 0) is 15.8 Å². The molecule has 0 spiro atoms. The Bertz CT molecular complexity index is 977. The van der Waals surface area contributed by atoms with Crippen molar-refractivity contribution in [2.45, 2.75) is 18.5 Å². The van der Waals surface area contributed by atoms with Crippen molar-refractivity contribution in [3.05, 3.63) is 52.5 Å². The van der Waals surface area contributed by atoms with Crippen LogP contribution in [0.2, 0.25) is 5.02 Å². The van der Waals surface area contributed by atoms with Gasteiger partial charge in [-0.3, -0.25) is 9.59 Å². The van der Waals surface area contributed by atoms with E-state index in [-0.39, 0.29) is 28.8 Å². The molecule has 2 atom stereocenters. The summed E-state index contributed by atoms with van der Waals surface area (Å²) in [6.07, 6.45) is -4.14. The molecule has 146 valence electrons. The second-order valence-corrected chi connectivity index (χ2v) is 7.10. The normalized spacial score (nSPS) is 20.6. The molecule has 0 bridgehead atoms. The molecule has 2 aromatic rings. The standard InChI is InChI=1S/C19H14ClF3N2O3/c20-13-6-15-16(28-8-17(26)24-15)7-14(13)25-18(27)11-5-10(11)9-3-1-2-4-12(9)19(21,22)23/h1-4,6-7,10-11H,5,8H2,(H,24,26)(H,25,27)/t10-,11-/m1/s1. The first-order chi connectivity index (χ1) is 13.2. The minimum absolute atomic E-state index is 0.123. The summed E-state index contributed by atoms with van der Waals surface area (Å²) in [6, 6.07) is 8.22. The van der Waals surface area contributed by atoms with Crippen molar-refractivity contribution in [1.82, 2.24) is 0 Å². The van der Waals surface area contributed by atoms with Gasteiger partial charge in [0.05, 0.1) is 22.0 Å². The molecule has 2 aromatic carbocycles. The lowest BCUT2D eigenvalue weighted by atomic mass is 10.0. The van der Waals surface area contributed by atoms with E-state index in [2.05, 4.69) is 10.6 Å². The Kier molecular flexibility index (Phi) is 4.45. The van der Waals surface area contributed by atoms with Crippen molar-refractivity contribution in [2.75, 3.05) is 17.2 Å². The van der Waals surface area contributed by atoms with E-state index < -0.39 is 29.5 Å². The van der Waals surface area contributed by atoms with Gasteiger partial charge in [-0.2, -0.15) is 13.2 Å². The Morgan fingerprint density at radius 3 is 2.75 bits per heavy atom. The molecule has 1 saturated carbocycles. The lowest BCUT2D eigenvalue weighted by Crippen LogP contribution is -2.25. The van der Waals surface area contributed by atoms with Crippen LogP contribution in [0.4, 0.5) is 24.5 Å². The maximum absolute atomic E-state index is 13.2. The van der Waals surface area contributed by atoms with Crippen LogP contribution < -0.4 is 15.4 Å². The Balaban J connectivity index is 1.51. The number of anilines is 2. The van der Waals surface area contributed by atoms with E-state index in [1.54, 1.807) is 0 Å². The van der Waals surface area contributed by atoms with E-state index in [1.807, 2.05) is 0 Å². The van der Waals surface area contributed by atoms with Gasteiger partial charge in [0.15, 0.2) is 6.61 Å². The quantitative estimate of drug-likeness (QED) is 0.786. The fourth-order valence-electron chi connectivity index (χ4n) is 3.33. The molecular formula is C19H14ClF3N2O3. The maximum Gasteiger partial charge on any atom is 0.416 e. The van der Waals surface area contributed by atoms with Crippen LogP contribution >= 0.6 is 11.6 Å². The summed E-state index contributed by atoms with van der Waals surface area (Å²) < 4.78 is 44.9. The second-order valence-electron chi connectivity index (χ2n) is 6.69. The second kappa shape index (κ2) is 6.70. The van der Waals surface area contributed by atoms with Crippen molar-refractivity contribution in [1.29, 1.82) is 0 Å². The molecule has 1 aliphatic heterocycles. The third-order valence-corrected chi connectivity index (χ3v) is 5.07. The molecule has 4 rings (SSSR count). The van der Waals surface area contributed by atoms with Gasteiger partial charge in [-0.15, -0.1) is 0 Å². The molecule has 0 unspecified atom stereocenters. The Labute approximate surface area is 162 Å². The van der Waals surface area contributed by atoms with Gasteiger partial charge in [0.25, 0.3) is 5.91 Å². The zero-order chi connectivity index (χ0) is 20.1. The number of rotatable bonds is 3. The third-order valence-electron chi connectivity index (χ3n) is 4.75. The third kappa shape index (κ3) is 3.52. The number of nitrogens with one attached hydrogen (secondary N) is 2. The number of amides is 2. The zero-order valence-electron chi connectivity index (χ0n) is 14.3. The average Bonchev–Trinajstić information content (AvgIpc) is 3.42. The Hall–Kier alpha value is -2.74. The highest BCUT2D eigenvalue weighted by Gasteiger charge is 2.48. The molecule has 9 heteroatoms. The summed E-state index contributed by atoms with van der Waals surface area (Å²) in [6.45, 7) is -0.152. The van der Waals surface area contributed by atoms with Crippen LogP contribution in [0.25, 0.3) is 0 Å². The Morgan fingerprint density at radius 1 is 1.25 bits per heavy atom. The summed E-state index contributed by atoms with van der Waals surface area (Å²) in [5.41, 5.74) is 0.0722. The molecule has 0 aromatic heterocycles. The predicted octanol–water partition coefficient (Wildman–Crippen LogP) is 4.43. The number of carbonyl (C=O) groups is 2. The van der Waals surface area contributed by atoms with Crippen molar-refractivity contribution in [2.24, 2.45) is 5.92 Å². The van der Waals surface area contributed by atoms with Crippen molar-refractivity contribution in [3.63, 3.8) is 0 Å². The summed E-state index contributed by atoms with van der Waals surface area (Å²) in [4.78, 5) is 23.9. The number of fused-ring (bicyclic) bond motifs is 1. The van der Waals surface area contributed by atoms with Gasteiger partial charge in [-0.05, 0) is 30.0 Å². The highest BCUT2D eigenvalue weighted by molar-refractivity contribution is 6.34. The molecule has 1 aliphatic carbocycles. The lowest BCUT2D eigenvalue weighted by Gasteiger charge is -2.19. The summed E-state index contributed by atoms with van der Waals surface area (Å²) in [5, 5.41) is 5.43. The molecule has 1 fully saturated rings. The maximum atomic E-state index is 13.2. The van der Waals surface area contributed by atoms with Crippen molar-refractivity contribution in [3.8, 4) is 5.75 Å². The van der Waals surface area contributed by atoms with Crippen LogP contribution in [-0.4, -0.2) is 18.4 Å². The molecule has 2 amide bonds. The molecule has 28 heavy (non-hydrogen) atoms. The highest BCUT2D eigenvalue weighted by atomic mass is 35.5. The topological polar surface area (TPSA) is 67.4 Å². The van der Waals surface area contributed by atoms with Crippen LogP contribution in [0, 0.1) is 5.92 Å². The van der Waals surface area contributed by atoms with Crippen molar-refractivity contribution >= 4 is 34.8 Å². The predicted molar refractivity (Wildman–Crippen MR) is 96.5 cm³/mol. The fourth-order valence-corrected chi connectivity index (χ4v) is 3.54. The van der Waals surface area contributed by atoms with Crippen molar-refractivity contribution < 1.29 is 27.5 Å². The largest absolute Gasteiger partial charge is 0.482 e. The molecular weight excluding hydrogens is 397 g/mol. The SMILES string of the molecule is O=C1COc2cc(NC(=O)[C@@H]3C[C@@H]3c3ccccc3C(F)(F)F)c(Cl)cc2N1. The highest BCUT2D eigenvalue weighted by Crippen LogP contribution is 2.51. The number of halogens is 4. The molecule has 0 radical (unpaired) electrons. The Morgan fingerprint density at radius 2 is 2.00 bits per heavy atom. The fraction of sp³-hybridized carbons (Fsp3) is 0.263. The molecule has 1 heterocycles. The number of hydrogen-bond donors (Lipinski definition) is 2. The van der Waals surface area contributed by atoms with E-state index in [4.69, 9.17) is 16.3 Å².